The maximum absolute atomic E-state index is 12.1. The van der Waals surface area contributed by atoms with Crippen LogP contribution in [-0.2, 0) is 11.3 Å². The fourth-order valence-electron chi connectivity index (χ4n) is 2.63. The lowest BCUT2D eigenvalue weighted by Crippen LogP contribution is -2.46. The van der Waals surface area contributed by atoms with E-state index in [2.05, 4.69) is 10.6 Å². The summed E-state index contributed by atoms with van der Waals surface area (Å²) in [7, 11) is 4.72. The third-order valence-electron chi connectivity index (χ3n) is 3.82. The monoisotopic (exact) mass is 344 g/mol. The van der Waals surface area contributed by atoms with Crippen molar-refractivity contribution >= 4 is 18.3 Å². The first-order valence-electron chi connectivity index (χ1n) is 7.49. The molecule has 0 aliphatic carbocycles. The summed E-state index contributed by atoms with van der Waals surface area (Å²) in [6.07, 6.45) is 3.12. The lowest BCUT2D eigenvalue weighted by molar-refractivity contribution is -0.123. The van der Waals surface area contributed by atoms with Crippen molar-refractivity contribution in [1.82, 2.24) is 10.6 Å². The van der Waals surface area contributed by atoms with E-state index < -0.39 is 0 Å². The molecule has 1 fully saturated rings. The van der Waals surface area contributed by atoms with Crippen molar-refractivity contribution in [2.24, 2.45) is 0 Å². The zero-order valence-corrected chi connectivity index (χ0v) is 14.6. The molecule has 1 aliphatic heterocycles. The summed E-state index contributed by atoms with van der Waals surface area (Å²) in [6.45, 7) is 1.33. The Bertz CT molecular complexity index is 494. The molecule has 0 radical (unpaired) electrons. The Kier molecular flexibility index (Phi) is 7.98. The van der Waals surface area contributed by atoms with Crippen molar-refractivity contribution in [1.29, 1.82) is 0 Å². The second-order valence-corrected chi connectivity index (χ2v) is 5.25. The number of benzene rings is 1. The SMILES string of the molecule is COc1cc(CNC(=O)[C@H]2CCCCN2)cc(OC)c1OC.Cl. The highest BCUT2D eigenvalue weighted by atomic mass is 35.5. The van der Waals surface area contributed by atoms with E-state index in [4.69, 9.17) is 14.2 Å². The van der Waals surface area contributed by atoms with Crippen LogP contribution in [0.25, 0.3) is 0 Å². The summed E-state index contributed by atoms with van der Waals surface area (Å²) in [4.78, 5) is 12.1. The maximum atomic E-state index is 12.1. The zero-order valence-electron chi connectivity index (χ0n) is 13.8. The quantitative estimate of drug-likeness (QED) is 0.824. The Morgan fingerprint density at radius 1 is 1.17 bits per heavy atom. The van der Waals surface area contributed by atoms with Gasteiger partial charge in [0.15, 0.2) is 11.5 Å². The lowest BCUT2D eigenvalue weighted by Gasteiger charge is -2.22. The lowest BCUT2D eigenvalue weighted by atomic mass is 10.0. The van der Waals surface area contributed by atoms with Gasteiger partial charge in [0.1, 0.15) is 0 Å². The van der Waals surface area contributed by atoms with Crippen LogP contribution in [0, 0.1) is 0 Å². The number of ether oxygens (including phenoxy) is 3. The molecule has 130 valence electrons. The Hall–Kier alpha value is -1.66. The summed E-state index contributed by atoms with van der Waals surface area (Å²) >= 11 is 0. The van der Waals surface area contributed by atoms with Crippen LogP contribution in [0.2, 0.25) is 0 Å². The van der Waals surface area contributed by atoms with E-state index in [0.717, 1.165) is 31.4 Å². The fourth-order valence-corrected chi connectivity index (χ4v) is 2.63. The summed E-state index contributed by atoms with van der Waals surface area (Å²) in [5.74, 6) is 1.76. The van der Waals surface area contributed by atoms with Gasteiger partial charge in [0.25, 0.3) is 0 Å². The first-order chi connectivity index (χ1) is 10.7. The number of methoxy groups -OCH3 is 3. The van der Waals surface area contributed by atoms with Crippen LogP contribution in [0.5, 0.6) is 17.2 Å². The van der Waals surface area contributed by atoms with Gasteiger partial charge in [-0.1, -0.05) is 6.42 Å². The number of hydrogen-bond donors (Lipinski definition) is 2. The summed E-state index contributed by atoms with van der Waals surface area (Å²) in [5, 5.41) is 6.19. The molecule has 1 amide bonds. The topological polar surface area (TPSA) is 68.8 Å². The smallest absolute Gasteiger partial charge is 0.237 e. The van der Waals surface area contributed by atoms with Gasteiger partial charge in [-0.05, 0) is 37.1 Å². The van der Waals surface area contributed by atoms with Crippen LogP contribution in [0.1, 0.15) is 24.8 Å². The molecule has 7 heteroatoms. The third kappa shape index (κ3) is 4.91. The molecule has 1 atom stereocenters. The van der Waals surface area contributed by atoms with Gasteiger partial charge in [0, 0.05) is 6.54 Å². The van der Waals surface area contributed by atoms with Crippen LogP contribution < -0.4 is 24.8 Å². The van der Waals surface area contributed by atoms with Gasteiger partial charge in [-0.15, -0.1) is 12.4 Å². The molecule has 0 aromatic heterocycles. The molecule has 1 heterocycles. The molecule has 1 aromatic rings. The van der Waals surface area contributed by atoms with Crippen LogP contribution >= 0.6 is 12.4 Å². The standard InChI is InChI=1S/C16H24N2O4.ClH/c1-20-13-8-11(9-14(21-2)15(13)22-3)10-18-16(19)12-6-4-5-7-17-12;/h8-9,12,17H,4-7,10H2,1-3H3,(H,18,19);1H/t12-;/m1./s1. The molecule has 0 spiro atoms. The predicted molar refractivity (Wildman–Crippen MR) is 90.8 cm³/mol. The molecule has 2 rings (SSSR count). The number of carbonyl (C=O) groups excluding carboxylic acids is 1. The molecular formula is C16H25ClN2O4. The van der Waals surface area contributed by atoms with E-state index in [1.54, 1.807) is 21.3 Å². The average molecular weight is 345 g/mol. The predicted octanol–water partition coefficient (Wildman–Crippen LogP) is 1.89. The first kappa shape index (κ1) is 19.4. The Balaban J connectivity index is 0.00000264. The van der Waals surface area contributed by atoms with Crippen molar-refractivity contribution in [3.8, 4) is 17.2 Å². The number of piperidine rings is 1. The summed E-state index contributed by atoms with van der Waals surface area (Å²) in [5.41, 5.74) is 0.902. The number of hydrogen-bond acceptors (Lipinski definition) is 5. The molecular weight excluding hydrogens is 320 g/mol. The number of rotatable bonds is 6. The second-order valence-electron chi connectivity index (χ2n) is 5.25. The minimum atomic E-state index is -0.0872. The highest BCUT2D eigenvalue weighted by Gasteiger charge is 2.20. The van der Waals surface area contributed by atoms with Gasteiger partial charge in [-0.3, -0.25) is 4.79 Å². The van der Waals surface area contributed by atoms with Crippen LogP contribution in [0.3, 0.4) is 0 Å². The van der Waals surface area contributed by atoms with Gasteiger partial charge < -0.3 is 24.8 Å². The van der Waals surface area contributed by atoms with Crippen LogP contribution in [0.4, 0.5) is 0 Å². The number of nitrogens with one attached hydrogen (secondary N) is 2. The third-order valence-corrected chi connectivity index (χ3v) is 3.82. The van der Waals surface area contributed by atoms with E-state index in [1.807, 2.05) is 12.1 Å². The molecule has 23 heavy (non-hydrogen) atoms. The van der Waals surface area contributed by atoms with E-state index in [0.29, 0.717) is 23.8 Å². The van der Waals surface area contributed by atoms with E-state index in [9.17, 15) is 4.79 Å². The van der Waals surface area contributed by atoms with Crippen LogP contribution in [0.15, 0.2) is 12.1 Å². The van der Waals surface area contributed by atoms with Gasteiger partial charge in [-0.2, -0.15) is 0 Å². The summed E-state index contributed by atoms with van der Waals surface area (Å²) in [6, 6.07) is 3.60. The number of carbonyl (C=O) groups is 1. The highest BCUT2D eigenvalue weighted by molar-refractivity contribution is 5.85. The van der Waals surface area contributed by atoms with E-state index in [-0.39, 0.29) is 24.4 Å². The van der Waals surface area contributed by atoms with Crippen molar-refractivity contribution in [3.63, 3.8) is 0 Å². The molecule has 0 saturated carbocycles. The van der Waals surface area contributed by atoms with E-state index in [1.165, 1.54) is 0 Å². The molecule has 1 aromatic carbocycles. The number of halogens is 1. The van der Waals surface area contributed by atoms with Gasteiger partial charge in [-0.25, -0.2) is 0 Å². The molecule has 0 bridgehead atoms. The van der Waals surface area contributed by atoms with Crippen molar-refractivity contribution in [3.05, 3.63) is 17.7 Å². The van der Waals surface area contributed by atoms with Crippen LogP contribution in [-0.4, -0.2) is 39.8 Å². The van der Waals surface area contributed by atoms with Crippen molar-refractivity contribution in [2.45, 2.75) is 31.8 Å². The van der Waals surface area contributed by atoms with E-state index >= 15 is 0 Å². The van der Waals surface area contributed by atoms with Gasteiger partial charge >= 0.3 is 0 Å². The van der Waals surface area contributed by atoms with Gasteiger partial charge in [0.05, 0.1) is 27.4 Å². The Morgan fingerprint density at radius 3 is 2.30 bits per heavy atom. The van der Waals surface area contributed by atoms with Crippen molar-refractivity contribution in [2.75, 3.05) is 27.9 Å². The highest BCUT2D eigenvalue weighted by Crippen LogP contribution is 2.38. The Morgan fingerprint density at radius 2 is 1.83 bits per heavy atom. The van der Waals surface area contributed by atoms with Crippen molar-refractivity contribution < 1.29 is 19.0 Å². The molecule has 1 saturated heterocycles. The fraction of sp³-hybridized carbons (Fsp3) is 0.562. The van der Waals surface area contributed by atoms with Gasteiger partial charge in [0.2, 0.25) is 11.7 Å². The average Bonchev–Trinajstić information content (AvgIpc) is 2.59. The molecule has 2 N–H and O–H groups in total. The number of amides is 1. The Labute approximate surface area is 143 Å². The molecule has 0 unspecified atom stereocenters. The first-order valence-corrected chi connectivity index (χ1v) is 7.49. The zero-order chi connectivity index (χ0) is 15.9. The minimum Gasteiger partial charge on any atom is -0.493 e. The normalized spacial score (nSPS) is 16.9. The largest absolute Gasteiger partial charge is 0.493 e. The maximum Gasteiger partial charge on any atom is 0.237 e. The summed E-state index contributed by atoms with van der Waals surface area (Å²) < 4.78 is 15.9. The second kappa shape index (κ2) is 9.47. The molecule has 1 aliphatic rings. The molecule has 6 nitrogen and oxygen atoms in total. The minimum absolute atomic E-state index is 0.